The molecule has 1 aromatic heterocycles. The molecule has 34 heavy (non-hydrogen) atoms. The third-order valence-electron chi connectivity index (χ3n) is 4.74. The molecule has 0 bridgehead atoms. The predicted molar refractivity (Wildman–Crippen MR) is 137 cm³/mol. The van der Waals surface area contributed by atoms with Gasteiger partial charge in [0.05, 0.1) is 30.0 Å². The van der Waals surface area contributed by atoms with Crippen molar-refractivity contribution in [3.63, 3.8) is 0 Å². The quantitative estimate of drug-likeness (QED) is 0.350. The van der Waals surface area contributed by atoms with Gasteiger partial charge < -0.3 is 19.1 Å². The second-order valence-corrected chi connectivity index (χ2v) is 8.48. The third-order valence-corrected chi connectivity index (χ3v) is 5.78. The number of rotatable bonds is 11. The fourth-order valence-electron chi connectivity index (χ4n) is 3.25. The van der Waals surface area contributed by atoms with Gasteiger partial charge in [0.15, 0.2) is 16.6 Å². The maximum Gasteiger partial charge on any atom is 0.260 e. The minimum Gasteiger partial charge on any atom is -0.490 e. The highest BCUT2D eigenvalue weighted by Crippen LogP contribution is 2.40. The molecule has 1 amide bonds. The largest absolute Gasteiger partial charge is 0.490 e. The van der Waals surface area contributed by atoms with Gasteiger partial charge in [0, 0.05) is 18.7 Å². The standard InChI is InChI=1S/C24H30FN3O4S.ClH/c1-6-30-19-13-16(14-20(31-7-2)22(19)32-8-3)23(29)28(12-11-27(4)5)24-26-18-10-9-17(25)15-21(18)33-24;/h9-10,13-15H,6-8,11-12H2,1-5H3;1H. The Morgan fingerprint density at radius 3 is 2.15 bits per heavy atom. The zero-order chi connectivity index (χ0) is 24.0. The molecule has 0 fully saturated rings. The summed E-state index contributed by atoms with van der Waals surface area (Å²) in [6.07, 6.45) is 0. The number of anilines is 1. The van der Waals surface area contributed by atoms with Crippen molar-refractivity contribution in [2.45, 2.75) is 20.8 Å². The number of halogens is 2. The molecule has 3 aromatic rings. The molecule has 10 heteroatoms. The number of thiazole rings is 1. The number of fused-ring (bicyclic) bond motifs is 1. The van der Waals surface area contributed by atoms with Gasteiger partial charge in [-0.25, -0.2) is 9.37 Å². The maximum absolute atomic E-state index is 13.7. The molecular weight excluding hydrogens is 481 g/mol. The van der Waals surface area contributed by atoms with Crippen LogP contribution in [-0.2, 0) is 0 Å². The highest BCUT2D eigenvalue weighted by Gasteiger charge is 2.25. The lowest BCUT2D eigenvalue weighted by Crippen LogP contribution is -2.36. The summed E-state index contributed by atoms with van der Waals surface area (Å²) < 4.78 is 31.7. The number of likely N-dealkylation sites (N-methyl/N-ethyl adjacent to an activating group) is 1. The number of ether oxygens (including phenoxy) is 3. The van der Waals surface area contributed by atoms with Crippen molar-refractivity contribution in [1.29, 1.82) is 0 Å². The highest BCUT2D eigenvalue weighted by atomic mass is 35.5. The molecule has 0 aliphatic rings. The molecule has 0 radical (unpaired) electrons. The van der Waals surface area contributed by atoms with E-state index in [2.05, 4.69) is 4.98 Å². The zero-order valence-electron chi connectivity index (χ0n) is 20.1. The van der Waals surface area contributed by atoms with Crippen molar-refractivity contribution in [2.24, 2.45) is 0 Å². The molecule has 0 unspecified atom stereocenters. The van der Waals surface area contributed by atoms with Crippen molar-refractivity contribution in [1.82, 2.24) is 9.88 Å². The van der Waals surface area contributed by atoms with Gasteiger partial charge >= 0.3 is 0 Å². The van der Waals surface area contributed by atoms with E-state index in [9.17, 15) is 9.18 Å². The van der Waals surface area contributed by atoms with Crippen LogP contribution in [0.5, 0.6) is 17.2 Å². The number of hydrogen-bond acceptors (Lipinski definition) is 7. The first-order chi connectivity index (χ1) is 15.9. The summed E-state index contributed by atoms with van der Waals surface area (Å²) in [7, 11) is 3.88. The first-order valence-corrected chi connectivity index (χ1v) is 11.8. The highest BCUT2D eigenvalue weighted by molar-refractivity contribution is 7.22. The number of aromatic nitrogens is 1. The van der Waals surface area contributed by atoms with E-state index in [1.54, 1.807) is 23.1 Å². The van der Waals surface area contributed by atoms with Crippen LogP contribution in [0, 0.1) is 5.82 Å². The monoisotopic (exact) mass is 511 g/mol. The molecule has 0 aliphatic carbocycles. The van der Waals surface area contributed by atoms with Crippen LogP contribution < -0.4 is 19.1 Å². The van der Waals surface area contributed by atoms with Crippen LogP contribution in [0.4, 0.5) is 9.52 Å². The molecule has 3 rings (SSSR count). The normalized spacial score (nSPS) is 10.8. The second kappa shape index (κ2) is 12.7. The fourth-order valence-corrected chi connectivity index (χ4v) is 4.27. The molecule has 0 atom stereocenters. The summed E-state index contributed by atoms with van der Waals surface area (Å²) >= 11 is 1.28. The summed E-state index contributed by atoms with van der Waals surface area (Å²) in [6.45, 7) is 7.92. The Kier molecular flexibility index (Phi) is 10.3. The molecule has 0 N–H and O–H groups in total. The number of carbonyl (C=O) groups is 1. The molecule has 7 nitrogen and oxygen atoms in total. The lowest BCUT2D eigenvalue weighted by molar-refractivity contribution is 0.0984. The Hall–Kier alpha value is -2.62. The maximum atomic E-state index is 13.7. The molecular formula is C24H31ClFN3O4S. The van der Waals surface area contributed by atoms with Crippen LogP contribution in [0.2, 0.25) is 0 Å². The van der Waals surface area contributed by atoms with E-state index >= 15 is 0 Å². The van der Waals surface area contributed by atoms with Crippen LogP contribution >= 0.6 is 23.7 Å². The van der Waals surface area contributed by atoms with Gasteiger partial charge in [0.1, 0.15) is 5.82 Å². The number of nitrogens with zero attached hydrogens (tertiary/aromatic N) is 3. The molecule has 2 aromatic carbocycles. The van der Waals surface area contributed by atoms with E-state index in [0.29, 0.717) is 71.1 Å². The Labute approximate surface area is 209 Å². The Balaban J connectivity index is 0.00000408. The lowest BCUT2D eigenvalue weighted by Gasteiger charge is -2.23. The van der Waals surface area contributed by atoms with E-state index in [4.69, 9.17) is 14.2 Å². The van der Waals surface area contributed by atoms with Gasteiger partial charge in [-0.2, -0.15) is 0 Å². The van der Waals surface area contributed by atoms with Gasteiger partial charge in [-0.05, 0) is 65.2 Å². The van der Waals surface area contributed by atoms with Crippen LogP contribution in [0.15, 0.2) is 30.3 Å². The summed E-state index contributed by atoms with van der Waals surface area (Å²) in [5.41, 5.74) is 1.05. The lowest BCUT2D eigenvalue weighted by atomic mass is 10.1. The van der Waals surface area contributed by atoms with E-state index in [-0.39, 0.29) is 24.1 Å². The average Bonchev–Trinajstić information content (AvgIpc) is 3.18. The summed E-state index contributed by atoms with van der Waals surface area (Å²) in [5.74, 6) is 0.799. The topological polar surface area (TPSA) is 64.1 Å². The van der Waals surface area contributed by atoms with E-state index < -0.39 is 0 Å². The number of hydrogen-bond donors (Lipinski definition) is 0. The molecule has 186 valence electrons. The van der Waals surface area contributed by atoms with E-state index in [1.807, 2.05) is 39.8 Å². The predicted octanol–water partition coefficient (Wildman–Crippen LogP) is 5.26. The summed E-state index contributed by atoms with van der Waals surface area (Å²) in [5, 5.41) is 0.507. The molecule has 0 aliphatic heterocycles. The summed E-state index contributed by atoms with van der Waals surface area (Å²) in [6, 6.07) is 7.77. The van der Waals surface area contributed by atoms with Gasteiger partial charge in [0.25, 0.3) is 5.91 Å². The number of benzene rings is 2. The van der Waals surface area contributed by atoms with Crippen molar-refractivity contribution >= 4 is 45.0 Å². The molecule has 0 saturated carbocycles. The summed E-state index contributed by atoms with van der Waals surface area (Å²) in [4.78, 5) is 21.9. The zero-order valence-corrected chi connectivity index (χ0v) is 21.7. The number of carbonyl (C=O) groups excluding carboxylic acids is 1. The second-order valence-electron chi connectivity index (χ2n) is 7.47. The smallest absolute Gasteiger partial charge is 0.260 e. The fraction of sp³-hybridized carbons (Fsp3) is 0.417. The van der Waals surface area contributed by atoms with E-state index in [0.717, 1.165) is 0 Å². The first-order valence-electron chi connectivity index (χ1n) is 11.0. The molecule has 0 spiro atoms. The van der Waals surface area contributed by atoms with Crippen LogP contribution in [0.25, 0.3) is 10.2 Å². The van der Waals surface area contributed by atoms with Crippen LogP contribution in [0.1, 0.15) is 31.1 Å². The van der Waals surface area contributed by atoms with Crippen molar-refractivity contribution in [2.75, 3.05) is 51.9 Å². The van der Waals surface area contributed by atoms with Gasteiger partial charge in [0.2, 0.25) is 5.75 Å². The minimum absolute atomic E-state index is 0. The molecule has 0 saturated heterocycles. The van der Waals surface area contributed by atoms with Crippen molar-refractivity contribution in [3.8, 4) is 17.2 Å². The minimum atomic E-state index is -0.335. The van der Waals surface area contributed by atoms with Gasteiger partial charge in [-0.15, -0.1) is 12.4 Å². The Morgan fingerprint density at radius 2 is 1.59 bits per heavy atom. The van der Waals surface area contributed by atoms with E-state index in [1.165, 1.54) is 23.5 Å². The Bertz CT molecular complexity index is 1080. The number of amides is 1. The Morgan fingerprint density at radius 1 is 0.971 bits per heavy atom. The van der Waals surface area contributed by atoms with Gasteiger partial charge in [-0.3, -0.25) is 9.69 Å². The van der Waals surface area contributed by atoms with Crippen LogP contribution in [0.3, 0.4) is 0 Å². The van der Waals surface area contributed by atoms with Crippen molar-refractivity contribution < 1.29 is 23.4 Å². The SMILES string of the molecule is CCOc1cc(C(=O)N(CCN(C)C)c2nc3ccc(F)cc3s2)cc(OCC)c1OCC.Cl. The van der Waals surface area contributed by atoms with Gasteiger partial charge in [-0.1, -0.05) is 11.3 Å². The first kappa shape index (κ1) is 27.6. The van der Waals surface area contributed by atoms with Crippen molar-refractivity contribution in [3.05, 3.63) is 41.7 Å². The average molecular weight is 512 g/mol. The molecule has 1 heterocycles. The third kappa shape index (κ3) is 6.49. The van der Waals surface area contributed by atoms with Crippen LogP contribution in [-0.4, -0.2) is 62.8 Å².